The summed E-state index contributed by atoms with van der Waals surface area (Å²) in [4.78, 5) is 5.29. The van der Waals surface area contributed by atoms with Gasteiger partial charge in [-0.15, -0.1) is 0 Å². The Bertz CT molecular complexity index is 2810. The van der Waals surface area contributed by atoms with Crippen molar-refractivity contribution in [3.05, 3.63) is 209 Å². The number of hydrogen-bond acceptors (Lipinski definition) is 2. The number of hydrogen-bond donors (Lipinski definition) is 0. The lowest BCUT2D eigenvalue weighted by atomic mass is 9.55. The summed E-state index contributed by atoms with van der Waals surface area (Å²) in [5, 5.41) is 2.30. The fourth-order valence-corrected chi connectivity index (χ4v) is 9.67. The molecule has 250 valence electrons. The Morgan fingerprint density at radius 2 is 0.962 bits per heavy atom. The summed E-state index contributed by atoms with van der Waals surface area (Å²) < 4.78 is 6.75. The Morgan fingerprint density at radius 3 is 1.64 bits per heavy atom. The molecule has 0 atom stereocenters. The first kappa shape index (κ1) is 30.1. The highest BCUT2D eigenvalue weighted by Gasteiger charge is 2.53. The van der Waals surface area contributed by atoms with E-state index < -0.39 is 5.41 Å². The summed E-state index contributed by atoms with van der Waals surface area (Å²) in [5.74, 6) is 0. The summed E-state index contributed by atoms with van der Waals surface area (Å²) in [6.45, 7) is 4.78. The SMILES string of the molecule is CC1(C)c2ccccc2C2(c3ccccc3-c3ccccc32)c2ccc3oc4ccc(-c5cc(-c6ccccc6)cc(-c6ccccc6)n5)cc4c3c21. The van der Waals surface area contributed by atoms with Gasteiger partial charge in [0.2, 0.25) is 0 Å². The predicted molar refractivity (Wildman–Crippen MR) is 217 cm³/mol. The highest BCUT2D eigenvalue weighted by molar-refractivity contribution is 6.10. The molecule has 0 N–H and O–H groups in total. The fraction of sp³-hybridized carbons (Fsp3) is 0.0784. The van der Waals surface area contributed by atoms with Crippen molar-refractivity contribution in [3.8, 4) is 44.8 Å². The van der Waals surface area contributed by atoms with E-state index in [0.29, 0.717) is 0 Å². The Balaban J connectivity index is 1.21. The summed E-state index contributed by atoms with van der Waals surface area (Å²) in [7, 11) is 0. The van der Waals surface area contributed by atoms with Crippen LogP contribution in [0.5, 0.6) is 0 Å². The Kier molecular flexibility index (Phi) is 6.25. The minimum Gasteiger partial charge on any atom is -0.456 e. The summed E-state index contributed by atoms with van der Waals surface area (Å²) in [5.41, 5.74) is 18.0. The maximum Gasteiger partial charge on any atom is 0.135 e. The normalized spacial score (nSPS) is 14.5. The minimum absolute atomic E-state index is 0.304. The zero-order valence-corrected chi connectivity index (χ0v) is 29.6. The second-order valence-corrected chi connectivity index (χ2v) is 15.0. The van der Waals surface area contributed by atoms with Crippen LogP contribution >= 0.6 is 0 Å². The van der Waals surface area contributed by atoms with Gasteiger partial charge in [0, 0.05) is 27.3 Å². The van der Waals surface area contributed by atoms with E-state index in [-0.39, 0.29) is 5.41 Å². The molecule has 7 aromatic carbocycles. The van der Waals surface area contributed by atoms with E-state index in [2.05, 4.69) is 190 Å². The van der Waals surface area contributed by atoms with E-state index >= 15 is 0 Å². The molecule has 0 bridgehead atoms. The molecule has 0 radical (unpaired) electrons. The van der Waals surface area contributed by atoms with Gasteiger partial charge in [-0.1, -0.05) is 153 Å². The van der Waals surface area contributed by atoms with Crippen LogP contribution in [0.4, 0.5) is 0 Å². The number of rotatable bonds is 3. The highest BCUT2D eigenvalue weighted by atomic mass is 16.3. The van der Waals surface area contributed by atoms with Crippen molar-refractivity contribution in [1.82, 2.24) is 4.98 Å². The molecule has 2 heterocycles. The third kappa shape index (κ3) is 4.12. The number of nitrogens with zero attached hydrogens (tertiary/aromatic N) is 1. The average molecular weight is 678 g/mol. The van der Waals surface area contributed by atoms with E-state index in [1.807, 2.05) is 0 Å². The summed E-state index contributed by atoms with van der Waals surface area (Å²) >= 11 is 0. The maximum atomic E-state index is 6.75. The topological polar surface area (TPSA) is 26.0 Å². The van der Waals surface area contributed by atoms with E-state index in [1.165, 1.54) is 55.5 Å². The van der Waals surface area contributed by atoms with Crippen molar-refractivity contribution >= 4 is 21.9 Å². The highest BCUT2D eigenvalue weighted by Crippen LogP contribution is 2.63. The lowest BCUT2D eigenvalue weighted by Crippen LogP contribution is -2.40. The first-order valence-electron chi connectivity index (χ1n) is 18.5. The molecule has 2 nitrogen and oxygen atoms in total. The first-order chi connectivity index (χ1) is 26.0. The van der Waals surface area contributed by atoms with E-state index in [9.17, 15) is 0 Å². The van der Waals surface area contributed by atoms with E-state index in [0.717, 1.165) is 44.6 Å². The van der Waals surface area contributed by atoms with Crippen molar-refractivity contribution in [2.24, 2.45) is 0 Å². The molecule has 9 aromatic rings. The standard InChI is InChI=1S/C51H35NO/c1-50(2)41-23-13-14-24-42(41)51(39-21-11-9-19-36(39)37-20-10-12-22-40(37)51)43-26-28-47-48(49(43)50)38-29-34(25-27-46(38)53-47)45-31-35(32-15-5-3-6-16-32)30-44(52-45)33-17-7-4-8-18-33/h3-31H,1-2H3. The molecule has 0 saturated carbocycles. The van der Waals surface area contributed by atoms with Gasteiger partial charge in [-0.25, -0.2) is 4.98 Å². The molecule has 0 saturated heterocycles. The van der Waals surface area contributed by atoms with Gasteiger partial charge >= 0.3 is 0 Å². The fourth-order valence-electron chi connectivity index (χ4n) is 9.67. The van der Waals surface area contributed by atoms with Crippen LogP contribution in [0.25, 0.3) is 66.7 Å². The second-order valence-electron chi connectivity index (χ2n) is 15.0. The molecular formula is C51H35NO. The number of benzene rings is 7. The van der Waals surface area contributed by atoms with Crippen LogP contribution < -0.4 is 0 Å². The molecule has 2 aliphatic rings. The van der Waals surface area contributed by atoms with E-state index in [1.54, 1.807) is 0 Å². The van der Waals surface area contributed by atoms with Crippen LogP contribution in [0.1, 0.15) is 47.2 Å². The molecular weight excluding hydrogens is 643 g/mol. The second kappa shape index (κ2) is 11.0. The number of pyridine rings is 1. The Hall–Kier alpha value is -6.51. The van der Waals surface area contributed by atoms with Gasteiger partial charge in [0.25, 0.3) is 0 Å². The van der Waals surface area contributed by atoms with Crippen LogP contribution in [0, 0.1) is 0 Å². The van der Waals surface area contributed by atoms with E-state index in [4.69, 9.17) is 9.40 Å². The van der Waals surface area contributed by atoms with Crippen LogP contribution in [0.3, 0.4) is 0 Å². The number of aromatic nitrogens is 1. The average Bonchev–Trinajstić information content (AvgIpc) is 3.74. The smallest absolute Gasteiger partial charge is 0.135 e. The predicted octanol–water partition coefficient (Wildman–Crippen LogP) is 13.0. The Morgan fingerprint density at radius 1 is 0.415 bits per heavy atom. The molecule has 1 spiro atoms. The Labute approximate surface area is 309 Å². The molecule has 0 aliphatic heterocycles. The van der Waals surface area contributed by atoms with Gasteiger partial charge in [-0.3, -0.25) is 0 Å². The van der Waals surface area contributed by atoms with Crippen molar-refractivity contribution in [1.29, 1.82) is 0 Å². The van der Waals surface area contributed by atoms with Gasteiger partial charge in [0.1, 0.15) is 11.2 Å². The molecule has 0 amide bonds. The monoisotopic (exact) mass is 677 g/mol. The van der Waals surface area contributed by atoms with Crippen molar-refractivity contribution in [3.63, 3.8) is 0 Å². The molecule has 11 rings (SSSR count). The summed E-state index contributed by atoms with van der Waals surface area (Å²) in [6.07, 6.45) is 0. The van der Waals surface area contributed by atoms with Gasteiger partial charge in [-0.2, -0.15) is 0 Å². The quantitative estimate of drug-likeness (QED) is 0.186. The zero-order chi connectivity index (χ0) is 35.3. The third-order valence-corrected chi connectivity index (χ3v) is 11.9. The van der Waals surface area contributed by atoms with Crippen molar-refractivity contribution < 1.29 is 4.42 Å². The minimum atomic E-state index is -0.458. The first-order valence-corrected chi connectivity index (χ1v) is 18.5. The largest absolute Gasteiger partial charge is 0.456 e. The molecule has 53 heavy (non-hydrogen) atoms. The van der Waals surface area contributed by atoms with Gasteiger partial charge in [0.05, 0.1) is 16.8 Å². The summed E-state index contributed by atoms with van der Waals surface area (Å²) in [6, 6.07) is 63.8. The lowest BCUT2D eigenvalue weighted by molar-refractivity contribution is 0.567. The lowest BCUT2D eigenvalue weighted by Gasteiger charge is -2.47. The van der Waals surface area contributed by atoms with Gasteiger partial charge in [0.15, 0.2) is 0 Å². The van der Waals surface area contributed by atoms with Gasteiger partial charge in [-0.05, 0) is 92.0 Å². The molecule has 0 fully saturated rings. The van der Waals surface area contributed by atoms with Crippen molar-refractivity contribution in [2.45, 2.75) is 24.7 Å². The van der Waals surface area contributed by atoms with Gasteiger partial charge < -0.3 is 4.42 Å². The third-order valence-electron chi connectivity index (χ3n) is 11.9. The van der Waals surface area contributed by atoms with Crippen LogP contribution in [0.15, 0.2) is 180 Å². The van der Waals surface area contributed by atoms with Crippen LogP contribution in [-0.2, 0) is 10.8 Å². The zero-order valence-electron chi connectivity index (χ0n) is 29.6. The molecule has 0 unspecified atom stereocenters. The number of furan rings is 1. The van der Waals surface area contributed by atoms with Crippen LogP contribution in [0.2, 0.25) is 0 Å². The molecule has 2 aromatic heterocycles. The van der Waals surface area contributed by atoms with Crippen molar-refractivity contribution in [2.75, 3.05) is 0 Å². The molecule has 2 aliphatic carbocycles. The number of fused-ring (bicyclic) bond motifs is 13. The molecule has 2 heteroatoms. The van der Waals surface area contributed by atoms with Crippen LogP contribution in [-0.4, -0.2) is 4.98 Å². The maximum absolute atomic E-state index is 6.75.